The summed E-state index contributed by atoms with van der Waals surface area (Å²) in [5, 5.41) is 18.4. The summed E-state index contributed by atoms with van der Waals surface area (Å²) < 4.78 is 53.5. The first-order chi connectivity index (χ1) is 16.5. The molecular weight excluding hydrogens is 512 g/mol. The van der Waals surface area contributed by atoms with E-state index < -0.39 is 26.9 Å². The number of sulfonamides is 1. The van der Waals surface area contributed by atoms with Crippen molar-refractivity contribution in [2.24, 2.45) is 14.7 Å². The van der Waals surface area contributed by atoms with Crippen molar-refractivity contribution < 1.29 is 22.2 Å². The molecule has 4 rings (SSSR count). The highest BCUT2D eigenvalue weighted by molar-refractivity contribution is 7.91. The molecule has 0 spiro atoms. The molecule has 0 radical (unpaired) electrons. The molecule has 35 heavy (non-hydrogen) atoms. The molecule has 1 saturated heterocycles. The standard InChI is InChI=1S/C21H30N6O5S3/c1-12(2)17(16-10-13(3)14(4)32-16)23-20-19(24-34(29)25-20)22-15-11-33-21(18(15)28)35(30,31)27-8-6-26(5)7-9-27/h10-12,17,28H,6-9H2,1-5H3,(H,22,24)(H,23,25). The van der Waals surface area contributed by atoms with Gasteiger partial charge in [0, 0.05) is 31.6 Å². The van der Waals surface area contributed by atoms with E-state index in [1.54, 1.807) is 0 Å². The lowest BCUT2D eigenvalue weighted by Crippen LogP contribution is -2.46. The van der Waals surface area contributed by atoms with Gasteiger partial charge in [-0.25, -0.2) is 12.6 Å². The molecule has 11 nitrogen and oxygen atoms in total. The van der Waals surface area contributed by atoms with E-state index >= 15 is 0 Å². The van der Waals surface area contributed by atoms with Crippen molar-refractivity contribution in [1.29, 1.82) is 0 Å². The summed E-state index contributed by atoms with van der Waals surface area (Å²) in [6.45, 7) is 9.83. The van der Waals surface area contributed by atoms with Gasteiger partial charge in [-0.3, -0.25) is 0 Å². The number of likely N-dealkylation sites (N-methyl/N-ethyl adjacent to an activating group) is 1. The molecule has 0 bridgehead atoms. The van der Waals surface area contributed by atoms with Gasteiger partial charge >= 0.3 is 0 Å². The third-order valence-electron chi connectivity index (χ3n) is 6.04. The number of nitrogens with zero attached hydrogens (tertiary/aromatic N) is 4. The predicted molar refractivity (Wildman–Crippen MR) is 138 cm³/mol. The lowest BCUT2D eigenvalue weighted by Gasteiger charge is -2.31. The Balaban J connectivity index is 1.54. The van der Waals surface area contributed by atoms with Gasteiger partial charge in [-0.15, -0.1) is 20.1 Å². The Morgan fingerprint density at radius 1 is 1.17 bits per heavy atom. The van der Waals surface area contributed by atoms with Crippen molar-refractivity contribution in [3.8, 4) is 5.75 Å². The van der Waals surface area contributed by atoms with Crippen LogP contribution < -0.4 is 10.6 Å². The maximum absolute atomic E-state index is 13.1. The van der Waals surface area contributed by atoms with E-state index in [0.717, 1.165) is 22.7 Å². The smallest absolute Gasteiger partial charge is 0.269 e. The fraction of sp³-hybridized carbons (Fsp3) is 0.524. The van der Waals surface area contributed by atoms with E-state index in [0.29, 0.717) is 31.9 Å². The number of hydrogen-bond donors (Lipinski definition) is 3. The Bertz CT molecular complexity index is 1270. The van der Waals surface area contributed by atoms with Crippen LogP contribution in [0.5, 0.6) is 5.75 Å². The quantitative estimate of drug-likeness (QED) is 0.506. The first kappa shape index (κ1) is 25.8. The number of hydrogen-bond acceptors (Lipinski definition) is 9. The molecule has 14 heteroatoms. The molecule has 2 aromatic rings. The maximum Gasteiger partial charge on any atom is 0.269 e. The van der Waals surface area contributed by atoms with Crippen LogP contribution >= 0.6 is 11.3 Å². The van der Waals surface area contributed by atoms with Crippen LogP contribution in [0.3, 0.4) is 0 Å². The van der Waals surface area contributed by atoms with Gasteiger partial charge < -0.3 is 25.1 Å². The molecule has 0 aromatic carbocycles. The fourth-order valence-electron chi connectivity index (χ4n) is 3.79. The van der Waals surface area contributed by atoms with E-state index in [-0.39, 0.29) is 33.5 Å². The number of rotatable bonds is 6. The van der Waals surface area contributed by atoms with E-state index in [1.165, 1.54) is 9.69 Å². The number of anilines is 1. The molecule has 2 aromatic heterocycles. The first-order valence-electron chi connectivity index (χ1n) is 11.2. The molecule has 0 aliphatic carbocycles. The van der Waals surface area contributed by atoms with Crippen molar-refractivity contribution in [2.75, 3.05) is 38.5 Å². The zero-order chi connectivity index (χ0) is 25.5. The maximum atomic E-state index is 13.1. The molecule has 1 fully saturated rings. The Labute approximate surface area is 211 Å². The van der Waals surface area contributed by atoms with Gasteiger partial charge in [0.15, 0.2) is 21.6 Å². The Morgan fingerprint density at radius 2 is 1.83 bits per heavy atom. The molecule has 2 aliphatic rings. The summed E-state index contributed by atoms with van der Waals surface area (Å²) in [7, 11) is -1.91. The van der Waals surface area contributed by atoms with E-state index in [2.05, 4.69) is 24.3 Å². The average molecular weight is 543 g/mol. The van der Waals surface area contributed by atoms with Crippen LogP contribution in [0.25, 0.3) is 0 Å². The van der Waals surface area contributed by atoms with E-state index in [9.17, 15) is 17.7 Å². The highest BCUT2D eigenvalue weighted by Crippen LogP contribution is 2.39. The highest BCUT2D eigenvalue weighted by atomic mass is 32.2. The van der Waals surface area contributed by atoms with Crippen molar-refractivity contribution in [2.45, 2.75) is 37.9 Å². The predicted octanol–water partition coefficient (Wildman–Crippen LogP) is 2.39. The van der Waals surface area contributed by atoms with Gasteiger partial charge in [0.1, 0.15) is 11.5 Å². The summed E-state index contributed by atoms with van der Waals surface area (Å²) in [5.74, 6) is 1.62. The zero-order valence-corrected chi connectivity index (χ0v) is 22.7. The van der Waals surface area contributed by atoms with Crippen LogP contribution in [0.15, 0.2) is 28.9 Å². The summed E-state index contributed by atoms with van der Waals surface area (Å²) in [4.78, 5) is 2.05. The Kier molecular flexibility index (Phi) is 7.38. The minimum absolute atomic E-state index is 0.104. The third kappa shape index (κ3) is 5.31. The number of thiophene rings is 1. The number of amidine groups is 2. The molecule has 192 valence electrons. The summed E-state index contributed by atoms with van der Waals surface area (Å²) in [6, 6.07) is 1.68. The first-order valence-corrected chi connectivity index (χ1v) is 14.5. The Hall–Kier alpha value is -2.26. The second-order valence-electron chi connectivity index (χ2n) is 8.98. The molecule has 2 atom stereocenters. The van der Waals surface area contributed by atoms with Gasteiger partial charge in [-0.1, -0.05) is 13.8 Å². The molecule has 3 N–H and O–H groups in total. The van der Waals surface area contributed by atoms with Gasteiger partial charge in [0.05, 0.1) is 11.7 Å². The minimum Gasteiger partial charge on any atom is -0.504 e. The second-order valence-corrected chi connectivity index (χ2v) is 12.8. The number of aromatic hydroxyl groups is 1. The normalized spacial score (nSPS) is 20.7. The van der Waals surface area contributed by atoms with Crippen molar-refractivity contribution in [1.82, 2.24) is 14.5 Å². The van der Waals surface area contributed by atoms with Gasteiger partial charge in [-0.2, -0.15) is 4.31 Å². The lowest BCUT2D eigenvalue weighted by molar-refractivity contribution is 0.222. The summed E-state index contributed by atoms with van der Waals surface area (Å²) in [6.07, 6.45) is 0. The van der Waals surface area contributed by atoms with Crippen LogP contribution in [0, 0.1) is 19.8 Å². The van der Waals surface area contributed by atoms with Crippen LogP contribution in [-0.4, -0.2) is 71.8 Å². The lowest BCUT2D eigenvalue weighted by atomic mass is 10.0. The summed E-state index contributed by atoms with van der Waals surface area (Å²) >= 11 is -0.934. The topological polar surface area (TPSA) is 140 Å². The molecule has 0 amide bonds. The Morgan fingerprint density at radius 3 is 2.43 bits per heavy atom. The number of nitrogens with one attached hydrogen (secondary N) is 2. The number of piperazine rings is 1. The van der Waals surface area contributed by atoms with Crippen LogP contribution in [0.1, 0.15) is 37.0 Å². The van der Waals surface area contributed by atoms with Crippen molar-refractivity contribution in [3.63, 3.8) is 0 Å². The monoisotopic (exact) mass is 542 g/mol. The zero-order valence-electron chi connectivity index (χ0n) is 20.2. The van der Waals surface area contributed by atoms with Gasteiger partial charge in [-0.05, 0) is 38.4 Å². The molecule has 0 saturated carbocycles. The summed E-state index contributed by atoms with van der Waals surface area (Å²) in [5.41, 5.74) is 1.18. The number of furan rings is 1. The SMILES string of the molecule is Cc1cc(C(NC2=NS(=O)N=C2Nc2csc(S(=O)(=O)N3CCN(C)CC3)c2O)C(C)C)oc1C. The van der Waals surface area contributed by atoms with Crippen LogP contribution in [0.4, 0.5) is 5.69 Å². The molecule has 2 unspecified atom stereocenters. The molecule has 4 heterocycles. The minimum atomic E-state index is -3.84. The van der Waals surface area contributed by atoms with E-state index in [1.807, 2.05) is 40.8 Å². The van der Waals surface area contributed by atoms with Crippen LogP contribution in [-0.2, 0) is 21.2 Å². The van der Waals surface area contributed by atoms with Crippen LogP contribution in [0.2, 0.25) is 0 Å². The van der Waals surface area contributed by atoms with Gasteiger partial charge in [0.2, 0.25) is 0 Å². The fourth-order valence-corrected chi connectivity index (χ4v) is 7.21. The average Bonchev–Trinajstić information content (AvgIpc) is 3.44. The number of aryl methyl sites for hydroxylation is 2. The van der Waals surface area contributed by atoms with Crippen molar-refractivity contribution >= 4 is 49.9 Å². The highest BCUT2D eigenvalue weighted by Gasteiger charge is 2.33. The third-order valence-corrected chi connectivity index (χ3v) is 10.1. The van der Waals surface area contributed by atoms with Gasteiger partial charge in [0.25, 0.3) is 21.2 Å². The van der Waals surface area contributed by atoms with Crippen molar-refractivity contribution in [3.05, 3.63) is 28.5 Å². The molecule has 2 aliphatic heterocycles. The van der Waals surface area contributed by atoms with E-state index in [4.69, 9.17) is 4.42 Å². The largest absolute Gasteiger partial charge is 0.504 e. The molecular formula is C21H30N6O5S3. The second kappa shape index (κ2) is 10.0.